The highest BCUT2D eigenvalue weighted by molar-refractivity contribution is 7.90. The van der Waals surface area contributed by atoms with Crippen LogP contribution < -0.4 is 5.32 Å². The second-order valence-electron chi connectivity index (χ2n) is 9.40. The minimum atomic E-state index is -3.49. The smallest absolute Gasteiger partial charge is 0.227 e. The Bertz CT molecular complexity index is 1370. The fraction of sp³-hybridized carbons (Fsp3) is 0.480. The molecular formula is C25H32ClFN6O4S. The van der Waals surface area contributed by atoms with Crippen LogP contribution in [0.4, 0.5) is 16.0 Å². The molecule has 0 spiro atoms. The minimum absolute atomic E-state index is 0. The number of benzene rings is 1. The van der Waals surface area contributed by atoms with Crippen LogP contribution in [0.2, 0.25) is 0 Å². The molecule has 2 saturated heterocycles. The van der Waals surface area contributed by atoms with Crippen LogP contribution in [0, 0.1) is 12.7 Å². The quantitative estimate of drug-likeness (QED) is 0.459. The van der Waals surface area contributed by atoms with Gasteiger partial charge in [0.05, 0.1) is 36.2 Å². The van der Waals surface area contributed by atoms with Gasteiger partial charge in [-0.3, -0.25) is 4.90 Å². The van der Waals surface area contributed by atoms with Gasteiger partial charge in [-0.2, -0.15) is 0 Å². The van der Waals surface area contributed by atoms with E-state index in [1.54, 1.807) is 24.4 Å². The maximum Gasteiger partial charge on any atom is 0.227 e. The van der Waals surface area contributed by atoms with E-state index in [2.05, 4.69) is 25.2 Å². The molecule has 0 aliphatic carbocycles. The van der Waals surface area contributed by atoms with Crippen molar-refractivity contribution >= 4 is 33.9 Å². The zero-order valence-corrected chi connectivity index (χ0v) is 23.0. The topological polar surface area (TPSA) is 111 Å². The van der Waals surface area contributed by atoms with Crippen LogP contribution in [0.5, 0.6) is 0 Å². The summed E-state index contributed by atoms with van der Waals surface area (Å²) in [6, 6.07) is 5.30. The van der Waals surface area contributed by atoms with Crippen molar-refractivity contribution in [3.05, 3.63) is 47.8 Å². The number of rotatable bonds is 7. The molecular weight excluding hydrogens is 535 g/mol. The Morgan fingerprint density at radius 1 is 1.08 bits per heavy atom. The molecule has 1 N–H and O–H groups in total. The number of nitrogens with one attached hydrogen (secondary N) is 1. The number of hydrogen-bond donors (Lipinski definition) is 1. The lowest BCUT2D eigenvalue weighted by atomic mass is 10.1. The van der Waals surface area contributed by atoms with Gasteiger partial charge in [0.1, 0.15) is 11.5 Å². The van der Waals surface area contributed by atoms with Crippen LogP contribution in [0.1, 0.15) is 30.3 Å². The van der Waals surface area contributed by atoms with E-state index in [0.717, 1.165) is 38.0 Å². The highest BCUT2D eigenvalue weighted by Gasteiger charge is 2.24. The van der Waals surface area contributed by atoms with Gasteiger partial charge in [-0.25, -0.2) is 27.8 Å². The molecule has 0 unspecified atom stereocenters. The van der Waals surface area contributed by atoms with Gasteiger partial charge in [-0.05, 0) is 37.5 Å². The van der Waals surface area contributed by atoms with Crippen molar-refractivity contribution in [3.63, 3.8) is 0 Å². The molecule has 2 aromatic heterocycles. The summed E-state index contributed by atoms with van der Waals surface area (Å²) in [5.41, 5.74) is 1.92. The molecule has 0 amide bonds. The number of halogens is 2. The molecule has 0 saturated carbocycles. The largest absolute Gasteiger partial charge is 0.381 e. The molecule has 4 heterocycles. The van der Waals surface area contributed by atoms with Gasteiger partial charge in [0.25, 0.3) is 0 Å². The number of sulfone groups is 1. The van der Waals surface area contributed by atoms with Gasteiger partial charge in [0.15, 0.2) is 15.7 Å². The summed E-state index contributed by atoms with van der Waals surface area (Å²) in [6.07, 6.45) is 5.56. The van der Waals surface area contributed by atoms with Crippen molar-refractivity contribution in [3.8, 4) is 11.4 Å². The lowest BCUT2D eigenvalue weighted by molar-refractivity contribution is 0.0338. The number of morpholine rings is 1. The van der Waals surface area contributed by atoms with Crippen LogP contribution in [-0.2, 0) is 25.9 Å². The number of ether oxygens (including phenoxy) is 2. The van der Waals surface area contributed by atoms with Gasteiger partial charge < -0.3 is 19.4 Å². The average molecular weight is 567 g/mol. The first-order chi connectivity index (χ1) is 17.8. The van der Waals surface area contributed by atoms with E-state index >= 15 is 0 Å². The molecule has 10 nitrogen and oxygen atoms in total. The second kappa shape index (κ2) is 12.0. The normalized spacial score (nSPS) is 17.2. The van der Waals surface area contributed by atoms with Crippen molar-refractivity contribution in [2.45, 2.75) is 37.2 Å². The summed E-state index contributed by atoms with van der Waals surface area (Å²) in [5, 5.41) is 3.05. The van der Waals surface area contributed by atoms with Gasteiger partial charge in [0.2, 0.25) is 5.95 Å². The predicted molar refractivity (Wildman–Crippen MR) is 143 cm³/mol. The summed E-state index contributed by atoms with van der Waals surface area (Å²) < 4.78 is 53.0. The SMILES string of the molecule is Cc1ncc(-c2nc(Nc3ccc(CN4CCOCC4)c(S(C)(=O)=O)c3)ncc2F)n1C1CCOCC1.Cl. The highest BCUT2D eigenvalue weighted by Crippen LogP contribution is 2.31. The Hall–Kier alpha value is -2.64. The average Bonchev–Trinajstić information content (AvgIpc) is 3.27. The van der Waals surface area contributed by atoms with Crippen LogP contribution in [0.3, 0.4) is 0 Å². The Labute approximate surface area is 227 Å². The maximum absolute atomic E-state index is 14.9. The molecule has 5 rings (SSSR count). The number of aromatic nitrogens is 4. The zero-order chi connectivity index (χ0) is 26.0. The van der Waals surface area contributed by atoms with Crippen LogP contribution in [0.15, 0.2) is 35.5 Å². The number of anilines is 2. The molecule has 2 aliphatic rings. The monoisotopic (exact) mass is 566 g/mol. The molecule has 2 aliphatic heterocycles. The Morgan fingerprint density at radius 2 is 1.79 bits per heavy atom. The molecule has 206 valence electrons. The number of aryl methyl sites for hydroxylation is 1. The van der Waals surface area contributed by atoms with E-state index < -0.39 is 15.7 Å². The molecule has 1 aromatic carbocycles. The fourth-order valence-corrected chi connectivity index (χ4v) is 5.83. The van der Waals surface area contributed by atoms with E-state index in [0.29, 0.717) is 49.9 Å². The molecule has 38 heavy (non-hydrogen) atoms. The van der Waals surface area contributed by atoms with Crippen LogP contribution in [-0.4, -0.2) is 78.6 Å². The Kier molecular flexibility index (Phi) is 8.99. The summed E-state index contributed by atoms with van der Waals surface area (Å²) in [4.78, 5) is 15.4. The van der Waals surface area contributed by atoms with E-state index in [1.807, 2.05) is 11.5 Å². The van der Waals surface area contributed by atoms with Gasteiger partial charge in [-0.15, -0.1) is 12.4 Å². The van der Waals surface area contributed by atoms with E-state index in [-0.39, 0.29) is 35.0 Å². The van der Waals surface area contributed by atoms with Crippen molar-refractivity contribution < 1.29 is 22.3 Å². The first-order valence-electron chi connectivity index (χ1n) is 12.3. The fourth-order valence-electron chi connectivity index (χ4n) is 4.88. The van der Waals surface area contributed by atoms with Crippen LogP contribution >= 0.6 is 12.4 Å². The van der Waals surface area contributed by atoms with Gasteiger partial charge in [-0.1, -0.05) is 6.07 Å². The Morgan fingerprint density at radius 3 is 2.50 bits per heavy atom. The van der Waals surface area contributed by atoms with Crippen molar-refractivity contribution in [2.24, 2.45) is 0 Å². The highest BCUT2D eigenvalue weighted by atomic mass is 35.5. The van der Waals surface area contributed by atoms with Gasteiger partial charge >= 0.3 is 0 Å². The molecule has 0 radical (unpaired) electrons. The lowest BCUT2D eigenvalue weighted by Crippen LogP contribution is -2.36. The molecule has 0 bridgehead atoms. The summed E-state index contributed by atoms with van der Waals surface area (Å²) in [5.74, 6) is 0.383. The van der Waals surface area contributed by atoms with Gasteiger partial charge in [0, 0.05) is 50.8 Å². The lowest BCUT2D eigenvalue weighted by Gasteiger charge is -2.27. The third-order valence-corrected chi connectivity index (χ3v) is 7.92. The molecule has 0 atom stereocenters. The number of hydrogen-bond acceptors (Lipinski definition) is 9. The molecule has 3 aromatic rings. The second-order valence-corrected chi connectivity index (χ2v) is 11.4. The third kappa shape index (κ3) is 6.32. The first kappa shape index (κ1) is 28.4. The van der Waals surface area contributed by atoms with E-state index in [1.165, 1.54) is 6.26 Å². The molecule has 2 fully saturated rings. The minimum Gasteiger partial charge on any atom is -0.381 e. The number of nitrogens with zero attached hydrogens (tertiary/aromatic N) is 5. The summed E-state index contributed by atoms with van der Waals surface area (Å²) in [6.45, 7) is 6.45. The maximum atomic E-state index is 14.9. The zero-order valence-electron chi connectivity index (χ0n) is 21.4. The van der Waals surface area contributed by atoms with E-state index in [9.17, 15) is 12.8 Å². The third-order valence-electron chi connectivity index (χ3n) is 6.74. The summed E-state index contributed by atoms with van der Waals surface area (Å²) >= 11 is 0. The standard InChI is InChI=1S/C25H31FN6O4S.ClH/c1-17-27-15-22(32(17)20-5-9-35-10-6-20)24-21(26)14-28-25(30-24)29-19-4-3-18(23(13-19)37(2,33)34)16-31-7-11-36-12-8-31;/h3-4,13-15,20H,5-12,16H2,1-2H3,(H,28,29,30);1H. The van der Waals surface area contributed by atoms with E-state index in [4.69, 9.17) is 9.47 Å². The van der Waals surface area contributed by atoms with Crippen molar-refractivity contribution in [2.75, 3.05) is 51.1 Å². The summed E-state index contributed by atoms with van der Waals surface area (Å²) in [7, 11) is -3.49. The van der Waals surface area contributed by atoms with Crippen molar-refractivity contribution in [1.82, 2.24) is 24.4 Å². The number of imidazole rings is 1. The molecule has 13 heteroatoms. The van der Waals surface area contributed by atoms with Crippen molar-refractivity contribution in [1.29, 1.82) is 0 Å². The Balaban J connectivity index is 0.00000336. The first-order valence-corrected chi connectivity index (χ1v) is 14.2. The predicted octanol–water partition coefficient (Wildman–Crippen LogP) is 3.54. The van der Waals surface area contributed by atoms with Crippen LogP contribution in [0.25, 0.3) is 11.4 Å².